The molecule has 0 aliphatic heterocycles. The zero-order valence-corrected chi connectivity index (χ0v) is 16.8. The molecule has 3 aromatic carbocycles. The minimum Gasteiger partial charge on any atom is -0.514 e. The first kappa shape index (κ1) is 22.7. The van der Waals surface area contributed by atoms with Crippen LogP contribution >= 0.6 is 0 Å². The van der Waals surface area contributed by atoms with Gasteiger partial charge in [-0.05, 0) is 26.0 Å². The number of aliphatic hydroxyl groups excluding tert-OH is 1. The third kappa shape index (κ3) is 9.97. The van der Waals surface area contributed by atoms with Crippen molar-refractivity contribution >= 4 is 11.5 Å². The van der Waals surface area contributed by atoms with Crippen LogP contribution in [0, 0.1) is 13.8 Å². The fraction of sp³-hybridized carbons (Fsp3) is 0.160. The van der Waals surface area contributed by atoms with Crippen LogP contribution in [-0.4, -0.2) is 10.9 Å². The van der Waals surface area contributed by atoms with Gasteiger partial charge in [-0.3, -0.25) is 4.79 Å². The molecule has 0 aliphatic carbocycles. The zero-order valence-electron chi connectivity index (χ0n) is 16.8. The fourth-order valence-electron chi connectivity index (χ4n) is 2.15. The molecule has 0 radical (unpaired) electrons. The Morgan fingerprint density at radius 2 is 1.32 bits per heavy atom. The minimum atomic E-state index is 0.213. The molecule has 3 heteroatoms. The van der Waals surface area contributed by atoms with Gasteiger partial charge in [0.15, 0.2) is 5.78 Å². The van der Waals surface area contributed by atoms with Crippen LogP contribution in [0.1, 0.15) is 34.8 Å². The number of benzene rings is 3. The van der Waals surface area contributed by atoms with Gasteiger partial charge >= 0.3 is 0 Å². The van der Waals surface area contributed by atoms with Crippen molar-refractivity contribution in [3.05, 3.63) is 114 Å². The van der Waals surface area contributed by atoms with E-state index in [-0.39, 0.29) is 5.78 Å². The van der Waals surface area contributed by atoms with Crippen LogP contribution in [0.4, 0.5) is 5.69 Å². The largest absolute Gasteiger partial charge is 0.514 e. The van der Waals surface area contributed by atoms with Crippen LogP contribution in [0.2, 0.25) is 0 Å². The summed E-state index contributed by atoms with van der Waals surface area (Å²) >= 11 is 0. The average Bonchev–Trinajstić information content (AvgIpc) is 2.74. The van der Waals surface area contributed by atoms with Crippen molar-refractivity contribution in [2.75, 3.05) is 5.32 Å². The van der Waals surface area contributed by atoms with E-state index in [2.05, 4.69) is 24.4 Å². The Hall–Kier alpha value is -3.33. The molecular formula is C25H29NO2. The van der Waals surface area contributed by atoms with Gasteiger partial charge in [-0.1, -0.05) is 90.8 Å². The van der Waals surface area contributed by atoms with E-state index in [0.717, 1.165) is 17.5 Å². The Balaban J connectivity index is 0.000000215. The molecule has 146 valence electrons. The Bertz CT molecular complexity index is 810. The summed E-state index contributed by atoms with van der Waals surface area (Å²) in [6.07, 6.45) is 3.02. The molecule has 0 aromatic heterocycles. The van der Waals surface area contributed by atoms with Gasteiger partial charge in [0, 0.05) is 23.9 Å². The SMILES string of the molecule is CCC(=O)c1ccc(C)cc1.Cc1ccccc1.O/C=C\Nc1ccccc1. The molecule has 0 saturated heterocycles. The lowest BCUT2D eigenvalue weighted by atomic mass is 10.1. The van der Waals surface area contributed by atoms with Gasteiger partial charge in [0.25, 0.3) is 0 Å². The van der Waals surface area contributed by atoms with E-state index in [9.17, 15) is 4.79 Å². The summed E-state index contributed by atoms with van der Waals surface area (Å²) in [6, 6.07) is 27.6. The molecule has 0 bridgehead atoms. The minimum absolute atomic E-state index is 0.213. The first-order chi connectivity index (χ1) is 13.6. The van der Waals surface area contributed by atoms with Crippen LogP contribution in [0.15, 0.2) is 97.4 Å². The number of aryl methyl sites for hydroxylation is 2. The van der Waals surface area contributed by atoms with Crippen molar-refractivity contribution in [2.45, 2.75) is 27.2 Å². The molecule has 3 aromatic rings. The van der Waals surface area contributed by atoms with E-state index in [1.165, 1.54) is 17.3 Å². The summed E-state index contributed by atoms with van der Waals surface area (Å²) in [5.74, 6) is 0.213. The Morgan fingerprint density at radius 1 is 0.821 bits per heavy atom. The molecule has 3 nitrogen and oxygen atoms in total. The molecule has 0 atom stereocenters. The normalized spacial score (nSPS) is 9.54. The number of Topliss-reactive ketones (excluding diaryl/α,β-unsaturated/α-hetero) is 1. The molecule has 28 heavy (non-hydrogen) atoms. The predicted octanol–water partition coefficient (Wildman–Crippen LogP) is 6.71. The van der Waals surface area contributed by atoms with E-state index in [1.54, 1.807) is 0 Å². The van der Waals surface area contributed by atoms with Crippen molar-refractivity contribution < 1.29 is 9.90 Å². The molecule has 0 amide bonds. The average molecular weight is 376 g/mol. The van der Waals surface area contributed by atoms with Gasteiger partial charge in [-0.15, -0.1) is 0 Å². The second kappa shape index (κ2) is 13.8. The van der Waals surface area contributed by atoms with Crippen molar-refractivity contribution in [2.24, 2.45) is 0 Å². The topological polar surface area (TPSA) is 49.3 Å². The monoisotopic (exact) mass is 375 g/mol. The highest BCUT2D eigenvalue weighted by molar-refractivity contribution is 5.95. The highest BCUT2D eigenvalue weighted by atomic mass is 16.2. The lowest BCUT2D eigenvalue weighted by Crippen LogP contribution is -1.95. The van der Waals surface area contributed by atoms with Gasteiger partial charge < -0.3 is 10.4 Å². The molecule has 3 rings (SSSR count). The second-order valence-corrected chi connectivity index (χ2v) is 6.12. The van der Waals surface area contributed by atoms with Gasteiger partial charge in [0.2, 0.25) is 0 Å². The third-order valence-corrected chi connectivity index (χ3v) is 3.73. The number of para-hydroxylation sites is 1. The summed E-state index contributed by atoms with van der Waals surface area (Å²) < 4.78 is 0. The summed E-state index contributed by atoms with van der Waals surface area (Å²) in [6.45, 7) is 5.97. The van der Waals surface area contributed by atoms with E-state index >= 15 is 0 Å². The van der Waals surface area contributed by atoms with Gasteiger partial charge in [0.1, 0.15) is 0 Å². The Morgan fingerprint density at radius 3 is 1.75 bits per heavy atom. The van der Waals surface area contributed by atoms with Crippen LogP contribution in [0.25, 0.3) is 0 Å². The molecule has 0 fully saturated rings. The molecule has 0 heterocycles. The number of hydrogen-bond donors (Lipinski definition) is 2. The lowest BCUT2D eigenvalue weighted by molar-refractivity contribution is 0.0988. The van der Waals surface area contributed by atoms with Gasteiger partial charge in [-0.2, -0.15) is 0 Å². The highest BCUT2D eigenvalue weighted by Gasteiger charge is 1.99. The predicted molar refractivity (Wildman–Crippen MR) is 119 cm³/mol. The maximum absolute atomic E-state index is 11.1. The first-order valence-electron chi connectivity index (χ1n) is 9.29. The number of hydrogen-bond acceptors (Lipinski definition) is 3. The zero-order chi connectivity index (χ0) is 20.6. The van der Waals surface area contributed by atoms with Gasteiger partial charge in [0.05, 0.1) is 6.26 Å². The number of carbonyl (C=O) groups is 1. The van der Waals surface area contributed by atoms with Crippen molar-refractivity contribution in [3.63, 3.8) is 0 Å². The number of anilines is 1. The summed E-state index contributed by atoms with van der Waals surface area (Å²) in [5, 5.41) is 11.1. The first-order valence-corrected chi connectivity index (χ1v) is 9.29. The van der Waals surface area contributed by atoms with Crippen molar-refractivity contribution in [1.29, 1.82) is 0 Å². The maximum Gasteiger partial charge on any atom is 0.162 e. The number of carbonyl (C=O) groups excluding carboxylic acids is 1. The Kier molecular flexibility index (Phi) is 11.2. The van der Waals surface area contributed by atoms with Crippen LogP contribution < -0.4 is 5.32 Å². The number of rotatable bonds is 4. The van der Waals surface area contributed by atoms with E-state index in [4.69, 9.17) is 5.11 Å². The summed E-state index contributed by atoms with van der Waals surface area (Å²) in [5.41, 5.74) is 4.30. The van der Waals surface area contributed by atoms with E-state index in [0.29, 0.717) is 6.42 Å². The van der Waals surface area contributed by atoms with Crippen molar-refractivity contribution in [1.82, 2.24) is 0 Å². The van der Waals surface area contributed by atoms with Crippen LogP contribution in [-0.2, 0) is 0 Å². The quantitative estimate of drug-likeness (QED) is 0.393. The molecule has 0 spiro atoms. The van der Waals surface area contributed by atoms with Crippen molar-refractivity contribution in [3.8, 4) is 0 Å². The van der Waals surface area contributed by atoms with Crippen LogP contribution in [0.3, 0.4) is 0 Å². The smallest absolute Gasteiger partial charge is 0.162 e. The molecule has 0 unspecified atom stereocenters. The maximum atomic E-state index is 11.1. The molecule has 0 saturated carbocycles. The highest BCUT2D eigenvalue weighted by Crippen LogP contribution is 2.05. The van der Waals surface area contributed by atoms with Gasteiger partial charge in [-0.25, -0.2) is 0 Å². The Labute approximate surface area is 168 Å². The molecular weight excluding hydrogens is 346 g/mol. The van der Waals surface area contributed by atoms with E-state index < -0.39 is 0 Å². The summed E-state index contributed by atoms with van der Waals surface area (Å²) in [7, 11) is 0. The van der Waals surface area contributed by atoms with E-state index in [1.807, 2.05) is 86.6 Å². The standard InChI is InChI=1S/C10H12O.C8H9NO.C7H8/c1-3-10(11)9-6-4-8(2)5-7-9;10-7-6-9-8-4-2-1-3-5-8;1-7-5-3-2-4-6-7/h4-7H,3H2,1-2H3;1-7,9-10H;2-6H,1H3/b;7-6-;. The fourth-order valence-corrected chi connectivity index (χ4v) is 2.15. The van der Waals surface area contributed by atoms with Crippen LogP contribution in [0.5, 0.6) is 0 Å². The number of ketones is 1. The third-order valence-electron chi connectivity index (χ3n) is 3.73. The number of aliphatic hydroxyl groups is 1. The molecule has 0 aliphatic rings. The number of nitrogens with one attached hydrogen (secondary N) is 1. The lowest BCUT2D eigenvalue weighted by Gasteiger charge is -1.96. The summed E-state index contributed by atoms with van der Waals surface area (Å²) in [4.78, 5) is 11.1. The second-order valence-electron chi connectivity index (χ2n) is 6.12. The molecule has 2 N–H and O–H groups in total.